The maximum absolute atomic E-state index is 12.3. The van der Waals surface area contributed by atoms with Gasteiger partial charge in [0, 0.05) is 17.3 Å². The van der Waals surface area contributed by atoms with Crippen LogP contribution in [0.25, 0.3) is 0 Å². The fraction of sp³-hybridized carbons (Fsp3) is 0.263. The molecule has 0 radical (unpaired) electrons. The first-order valence-electron chi connectivity index (χ1n) is 8.39. The molecule has 2 aromatic rings. The van der Waals surface area contributed by atoms with E-state index in [4.69, 9.17) is 0 Å². The van der Waals surface area contributed by atoms with Gasteiger partial charge < -0.3 is 10.1 Å². The zero-order chi connectivity index (χ0) is 20.0. The van der Waals surface area contributed by atoms with Crippen molar-refractivity contribution >= 4 is 27.6 Å². The van der Waals surface area contributed by atoms with Crippen molar-refractivity contribution < 1.29 is 22.7 Å². The molecule has 1 amide bonds. The predicted molar refractivity (Wildman–Crippen MR) is 102 cm³/mol. The van der Waals surface area contributed by atoms with E-state index in [1.807, 2.05) is 6.92 Å². The molecular formula is C19H22N2O5S. The van der Waals surface area contributed by atoms with Crippen molar-refractivity contribution in [3.63, 3.8) is 0 Å². The fourth-order valence-corrected chi connectivity index (χ4v) is 3.54. The van der Waals surface area contributed by atoms with Crippen molar-refractivity contribution in [1.29, 1.82) is 0 Å². The lowest BCUT2D eigenvalue weighted by Gasteiger charge is -2.12. The Labute approximate surface area is 158 Å². The van der Waals surface area contributed by atoms with Crippen LogP contribution >= 0.6 is 0 Å². The highest BCUT2D eigenvalue weighted by Crippen LogP contribution is 2.15. The topological polar surface area (TPSA) is 102 Å². The van der Waals surface area contributed by atoms with Crippen molar-refractivity contribution in [2.45, 2.75) is 31.2 Å². The summed E-state index contributed by atoms with van der Waals surface area (Å²) >= 11 is 0. The van der Waals surface area contributed by atoms with E-state index >= 15 is 0 Å². The van der Waals surface area contributed by atoms with Crippen LogP contribution in [0, 0.1) is 0 Å². The average Bonchev–Trinajstić information content (AvgIpc) is 2.67. The maximum Gasteiger partial charge on any atom is 0.337 e. The minimum absolute atomic E-state index is 0.0989. The molecule has 0 saturated heterocycles. The van der Waals surface area contributed by atoms with Gasteiger partial charge >= 0.3 is 5.97 Å². The van der Waals surface area contributed by atoms with Gasteiger partial charge in [-0.05, 0) is 61.9 Å². The molecule has 1 atom stereocenters. The number of hydrogen-bond donors (Lipinski definition) is 2. The highest BCUT2D eigenvalue weighted by molar-refractivity contribution is 7.89. The summed E-state index contributed by atoms with van der Waals surface area (Å²) in [5.41, 5.74) is 1.19. The van der Waals surface area contributed by atoms with E-state index in [-0.39, 0.29) is 16.8 Å². The Balaban J connectivity index is 2.08. The third-order valence-corrected chi connectivity index (χ3v) is 5.56. The number of benzene rings is 2. The average molecular weight is 390 g/mol. The molecule has 0 aliphatic heterocycles. The second-order valence-electron chi connectivity index (χ2n) is 5.98. The minimum atomic E-state index is -3.61. The van der Waals surface area contributed by atoms with E-state index in [1.54, 1.807) is 19.1 Å². The smallest absolute Gasteiger partial charge is 0.337 e. The lowest BCUT2D eigenvalue weighted by atomic mass is 10.2. The molecule has 0 fully saturated rings. The molecule has 0 heterocycles. The molecule has 0 bridgehead atoms. The summed E-state index contributed by atoms with van der Waals surface area (Å²) in [6.45, 7) is 3.67. The molecule has 2 aromatic carbocycles. The normalized spacial score (nSPS) is 12.3. The molecule has 0 aliphatic carbocycles. The largest absolute Gasteiger partial charge is 0.465 e. The second kappa shape index (κ2) is 8.79. The molecule has 0 saturated carbocycles. The molecule has 2 rings (SSSR count). The zero-order valence-electron chi connectivity index (χ0n) is 15.4. The van der Waals surface area contributed by atoms with Gasteiger partial charge in [-0.25, -0.2) is 17.9 Å². The number of ether oxygens (including phenoxy) is 1. The zero-order valence-corrected chi connectivity index (χ0v) is 16.2. The van der Waals surface area contributed by atoms with Gasteiger partial charge in [0.25, 0.3) is 5.91 Å². The molecule has 0 spiro atoms. The van der Waals surface area contributed by atoms with Gasteiger partial charge in [-0.3, -0.25) is 4.79 Å². The van der Waals surface area contributed by atoms with E-state index in [0.717, 1.165) is 0 Å². The highest BCUT2D eigenvalue weighted by atomic mass is 32.2. The number of methoxy groups -OCH3 is 1. The number of sulfonamides is 1. The lowest BCUT2D eigenvalue weighted by Crippen LogP contribution is -2.32. The Morgan fingerprint density at radius 2 is 1.56 bits per heavy atom. The summed E-state index contributed by atoms with van der Waals surface area (Å²) < 4.78 is 31.7. The van der Waals surface area contributed by atoms with E-state index < -0.39 is 16.0 Å². The van der Waals surface area contributed by atoms with Crippen LogP contribution in [0.2, 0.25) is 0 Å². The minimum Gasteiger partial charge on any atom is -0.465 e. The summed E-state index contributed by atoms with van der Waals surface area (Å²) in [6.07, 6.45) is 0.675. The van der Waals surface area contributed by atoms with Crippen LogP contribution in [0.4, 0.5) is 5.69 Å². The van der Waals surface area contributed by atoms with Crippen LogP contribution < -0.4 is 10.0 Å². The SMILES string of the molecule is CCC(C)NS(=O)(=O)c1ccc(C(=O)Nc2ccc(C(=O)OC)cc2)cc1. The van der Waals surface area contributed by atoms with Crippen LogP contribution in [0.3, 0.4) is 0 Å². The van der Waals surface area contributed by atoms with Gasteiger partial charge in [0.1, 0.15) is 0 Å². The maximum atomic E-state index is 12.3. The number of nitrogens with one attached hydrogen (secondary N) is 2. The number of hydrogen-bond acceptors (Lipinski definition) is 5. The molecule has 0 aromatic heterocycles. The number of esters is 1. The summed E-state index contributed by atoms with van der Waals surface area (Å²) in [4.78, 5) is 23.8. The first-order chi connectivity index (χ1) is 12.8. The van der Waals surface area contributed by atoms with Crippen LogP contribution in [0.15, 0.2) is 53.4 Å². The van der Waals surface area contributed by atoms with Gasteiger partial charge in [0.15, 0.2) is 0 Å². The van der Waals surface area contributed by atoms with Gasteiger partial charge in [-0.15, -0.1) is 0 Å². The standard InChI is InChI=1S/C19H22N2O5S/c1-4-13(2)21-27(24,25)17-11-7-14(8-12-17)18(22)20-16-9-5-15(6-10-16)19(23)26-3/h5-13,21H,4H2,1-3H3,(H,20,22). The molecule has 27 heavy (non-hydrogen) atoms. The van der Waals surface area contributed by atoms with Crippen molar-refractivity contribution in [1.82, 2.24) is 4.72 Å². The predicted octanol–water partition coefficient (Wildman–Crippen LogP) is 2.80. The Morgan fingerprint density at radius 1 is 1.00 bits per heavy atom. The van der Waals surface area contributed by atoms with E-state index in [1.165, 1.54) is 43.5 Å². The van der Waals surface area contributed by atoms with E-state index in [9.17, 15) is 18.0 Å². The Morgan fingerprint density at radius 3 is 2.07 bits per heavy atom. The Bertz CT molecular complexity index is 906. The van der Waals surface area contributed by atoms with Crippen LogP contribution in [0.5, 0.6) is 0 Å². The Kier molecular flexibility index (Phi) is 6.70. The summed E-state index contributed by atoms with van der Waals surface area (Å²) in [6, 6.07) is 11.7. The second-order valence-corrected chi connectivity index (χ2v) is 7.69. The van der Waals surface area contributed by atoms with E-state index in [2.05, 4.69) is 14.8 Å². The first-order valence-corrected chi connectivity index (χ1v) is 9.87. The van der Waals surface area contributed by atoms with E-state index in [0.29, 0.717) is 23.2 Å². The van der Waals surface area contributed by atoms with Crippen LogP contribution in [-0.4, -0.2) is 33.4 Å². The molecule has 2 N–H and O–H groups in total. The molecule has 7 nitrogen and oxygen atoms in total. The third kappa shape index (κ3) is 5.38. The molecule has 1 unspecified atom stereocenters. The van der Waals surface area contributed by atoms with Crippen molar-refractivity contribution in [2.75, 3.05) is 12.4 Å². The van der Waals surface area contributed by atoms with Gasteiger partial charge in [0.2, 0.25) is 10.0 Å². The van der Waals surface area contributed by atoms with Gasteiger partial charge in [-0.2, -0.15) is 0 Å². The first kappa shape index (κ1) is 20.6. The highest BCUT2D eigenvalue weighted by Gasteiger charge is 2.17. The van der Waals surface area contributed by atoms with Crippen LogP contribution in [-0.2, 0) is 14.8 Å². The number of amides is 1. The summed E-state index contributed by atoms with van der Waals surface area (Å²) in [7, 11) is -2.32. The number of carbonyl (C=O) groups excluding carboxylic acids is 2. The molecule has 0 aliphatic rings. The molecule has 144 valence electrons. The van der Waals surface area contributed by atoms with Crippen molar-refractivity contribution in [3.8, 4) is 0 Å². The quantitative estimate of drug-likeness (QED) is 0.708. The molecular weight excluding hydrogens is 368 g/mol. The van der Waals surface area contributed by atoms with Crippen molar-refractivity contribution in [3.05, 3.63) is 59.7 Å². The number of anilines is 1. The lowest BCUT2D eigenvalue weighted by molar-refractivity contribution is 0.0600. The van der Waals surface area contributed by atoms with Gasteiger partial charge in [-0.1, -0.05) is 6.92 Å². The van der Waals surface area contributed by atoms with Gasteiger partial charge in [0.05, 0.1) is 17.6 Å². The van der Waals surface area contributed by atoms with Crippen LogP contribution in [0.1, 0.15) is 41.0 Å². The summed E-state index contributed by atoms with van der Waals surface area (Å²) in [5.74, 6) is -0.852. The number of carbonyl (C=O) groups is 2. The fourth-order valence-electron chi connectivity index (χ4n) is 2.21. The third-order valence-electron chi connectivity index (χ3n) is 3.96. The summed E-state index contributed by atoms with van der Waals surface area (Å²) in [5, 5.41) is 2.69. The number of rotatable bonds is 7. The Hall–Kier alpha value is -2.71. The molecule has 8 heteroatoms. The monoisotopic (exact) mass is 390 g/mol. The van der Waals surface area contributed by atoms with Crippen molar-refractivity contribution in [2.24, 2.45) is 0 Å².